The van der Waals surface area contributed by atoms with E-state index in [0.717, 1.165) is 0 Å². The number of carbonyl (C=O) groups is 1. The Morgan fingerprint density at radius 2 is 2.24 bits per heavy atom. The van der Waals surface area contributed by atoms with Crippen LogP contribution in [-0.4, -0.2) is 19.7 Å². The van der Waals surface area contributed by atoms with E-state index in [4.69, 9.17) is 10.00 Å². The molecule has 0 spiro atoms. The number of hydrogen-bond donors (Lipinski definition) is 2. The highest BCUT2D eigenvalue weighted by molar-refractivity contribution is 5.90. The zero-order chi connectivity index (χ0) is 12.7. The van der Waals surface area contributed by atoms with E-state index in [0.29, 0.717) is 18.0 Å². The summed E-state index contributed by atoms with van der Waals surface area (Å²) < 4.78 is 5.10. The second-order valence-electron chi connectivity index (χ2n) is 3.57. The van der Waals surface area contributed by atoms with Crippen molar-refractivity contribution in [3.63, 3.8) is 0 Å². The predicted molar refractivity (Wildman–Crippen MR) is 64.8 cm³/mol. The lowest BCUT2D eigenvalue weighted by atomic mass is 10.2. The minimum absolute atomic E-state index is 0.210. The van der Waals surface area contributed by atoms with Crippen LogP contribution >= 0.6 is 0 Å². The van der Waals surface area contributed by atoms with Gasteiger partial charge in [-0.2, -0.15) is 5.26 Å². The van der Waals surface area contributed by atoms with Crippen molar-refractivity contribution in [2.45, 2.75) is 6.92 Å². The van der Waals surface area contributed by atoms with Gasteiger partial charge in [0.2, 0.25) is 0 Å². The Balaban J connectivity index is 2.54. The van der Waals surface area contributed by atoms with Gasteiger partial charge in [0.05, 0.1) is 24.8 Å². The molecular formula is C12H15N3O2. The van der Waals surface area contributed by atoms with Gasteiger partial charge in [-0.15, -0.1) is 0 Å². The van der Waals surface area contributed by atoms with Crippen molar-refractivity contribution < 1.29 is 9.53 Å². The molecule has 1 unspecified atom stereocenters. The van der Waals surface area contributed by atoms with Crippen molar-refractivity contribution >= 4 is 11.7 Å². The quantitative estimate of drug-likeness (QED) is 0.835. The number of methoxy groups -OCH3 is 1. The fourth-order valence-electron chi connectivity index (χ4n) is 1.21. The summed E-state index contributed by atoms with van der Waals surface area (Å²) in [6.07, 6.45) is 0. The number of nitrogens with one attached hydrogen (secondary N) is 2. The van der Waals surface area contributed by atoms with Crippen LogP contribution in [0.25, 0.3) is 0 Å². The summed E-state index contributed by atoms with van der Waals surface area (Å²) in [5.41, 5.74) is 0.595. The van der Waals surface area contributed by atoms with Gasteiger partial charge in [0.1, 0.15) is 5.75 Å². The highest BCUT2D eigenvalue weighted by atomic mass is 16.5. The number of anilines is 1. The van der Waals surface area contributed by atoms with E-state index < -0.39 is 0 Å². The number of hydrogen-bond acceptors (Lipinski definition) is 3. The second-order valence-corrected chi connectivity index (χ2v) is 3.57. The van der Waals surface area contributed by atoms with Crippen molar-refractivity contribution in [2.24, 2.45) is 5.92 Å². The SMILES string of the molecule is COc1ccccc1NC(=O)NCC(C)C#N. The molecular weight excluding hydrogens is 218 g/mol. The zero-order valence-electron chi connectivity index (χ0n) is 9.86. The molecule has 0 heterocycles. The molecule has 90 valence electrons. The molecule has 0 aliphatic rings. The molecule has 17 heavy (non-hydrogen) atoms. The molecule has 2 amide bonds. The first-order valence-corrected chi connectivity index (χ1v) is 5.25. The molecule has 0 aromatic heterocycles. The average Bonchev–Trinajstić information content (AvgIpc) is 2.36. The van der Waals surface area contributed by atoms with Gasteiger partial charge in [-0.05, 0) is 19.1 Å². The second kappa shape index (κ2) is 6.38. The van der Waals surface area contributed by atoms with E-state index in [1.54, 1.807) is 25.1 Å². The fourth-order valence-corrected chi connectivity index (χ4v) is 1.21. The molecule has 1 aromatic rings. The van der Waals surface area contributed by atoms with E-state index in [1.807, 2.05) is 12.1 Å². The Kier molecular flexibility index (Phi) is 4.82. The van der Waals surface area contributed by atoms with Gasteiger partial charge in [0.25, 0.3) is 0 Å². The van der Waals surface area contributed by atoms with Gasteiger partial charge >= 0.3 is 6.03 Å². The van der Waals surface area contributed by atoms with Gasteiger partial charge in [0, 0.05) is 6.54 Å². The molecule has 0 fully saturated rings. The number of nitrogens with zero attached hydrogens (tertiary/aromatic N) is 1. The molecule has 0 saturated heterocycles. The maximum absolute atomic E-state index is 11.5. The zero-order valence-corrected chi connectivity index (χ0v) is 9.86. The smallest absolute Gasteiger partial charge is 0.319 e. The fraction of sp³-hybridized carbons (Fsp3) is 0.333. The van der Waals surface area contributed by atoms with Crippen LogP contribution in [0, 0.1) is 17.2 Å². The lowest BCUT2D eigenvalue weighted by Gasteiger charge is -2.11. The number of rotatable bonds is 4. The molecule has 0 aliphatic carbocycles. The minimum atomic E-state index is -0.350. The summed E-state index contributed by atoms with van der Waals surface area (Å²) in [7, 11) is 1.54. The van der Waals surface area contributed by atoms with Crippen LogP contribution in [-0.2, 0) is 0 Å². The monoisotopic (exact) mass is 233 g/mol. The van der Waals surface area contributed by atoms with E-state index in [1.165, 1.54) is 7.11 Å². The summed E-state index contributed by atoms with van der Waals surface area (Å²) >= 11 is 0. The van der Waals surface area contributed by atoms with Crippen LogP contribution in [0.3, 0.4) is 0 Å². The van der Waals surface area contributed by atoms with Crippen molar-refractivity contribution in [1.82, 2.24) is 5.32 Å². The van der Waals surface area contributed by atoms with E-state index >= 15 is 0 Å². The molecule has 1 aromatic carbocycles. The minimum Gasteiger partial charge on any atom is -0.495 e. The molecule has 0 saturated carbocycles. The van der Waals surface area contributed by atoms with Crippen LogP contribution in [0.2, 0.25) is 0 Å². The number of carbonyl (C=O) groups excluding carboxylic acids is 1. The molecule has 0 bridgehead atoms. The molecule has 5 heteroatoms. The van der Waals surface area contributed by atoms with Gasteiger partial charge in [-0.1, -0.05) is 12.1 Å². The molecule has 2 N–H and O–H groups in total. The largest absolute Gasteiger partial charge is 0.495 e. The number of nitriles is 1. The average molecular weight is 233 g/mol. The summed E-state index contributed by atoms with van der Waals surface area (Å²) in [4.78, 5) is 11.5. The number of para-hydroxylation sites is 2. The highest BCUT2D eigenvalue weighted by Gasteiger charge is 2.07. The van der Waals surface area contributed by atoms with Crippen LogP contribution in [0.15, 0.2) is 24.3 Å². The Labute approximate surface area is 100 Å². The number of benzene rings is 1. The molecule has 0 aliphatic heterocycles. The summed E-state index contributed by atoms with van der Waals surface area (Å²) in [5, 5.41) is 13.8. The third-order valence-corrected chi connectivity index (χ3v) is 2.14. The normalized spacial score (nSPS) is 11.1. The number of amides is 2. The molecule has 1 atom stereocenters. The number of ether oxygens (including phenoxy) is 1. The standard InChI is InChI=1S/C12H15N3O2/c1-9(7-13)8-14-12(16)15-10-5-3-4-6-11(10)17-2/h3-6,9H,8H2,1-2H3,(H2,14,15,16). The molecule has 0 radical (unpaired) electrons. The van der Waals surface area contributed by atoms with Crippen LogP contribution in [0.1, 0.15) is 6.92 Å². The third kappa shape index (κ3) is 4.03. The summed E-state index contributed by atoms with van der Waals surface area (Å²) in [6.45, 7) is 2.06. The van der Waals surface area contributed by atoms with Gasteiger partial charge < -0.3 is 15.4 Å². The Hall–Kier alpha value is -2.22. The maximum atomic E-state index is 11.5. The first-order valence-electron chi connectivity index (χ1n) is 5.25. The Morgan fingerprint density at radius 3 is 2.88 bits per heavy atom. The van der Waals surface area contributed by atoms with Gasteiger partial charge in [0.15, 0.2) is 0 Å². The highest BCUT2D eigenvalue weighted by Crippen LogP contribution is 2.22. The predicted octanol–water partition coefficient (Wildman–Crippen LogP) is 1.98. The van der Waals surface area contributed by atoms with Crippen molar-refractivity contribution in [2.75, 3.05) is 19.0 Å². The van der Waals surface area contributed by atoms with Gasteiger partial charge in [-0.3, -0.25) is 0 Å². The topological polar surface area (TPSA) is 74.2 Å². The number of urea groups is 1. The van der Waals surface area contributed by atoms with Crippen molar-refractivity contribution in [3.8, 4) is 11.8 Å². The summed E-state index contributed by atoms with van der Waals surface area (Å²) in [6, 6.07) is 8.81. The van der Waals surface area contributed by atoms with Crippen molar-refractivity contribution in [1.29, 1.82) is 5.26 Å². The van der Waals surface area contributed by atoms with E-state index in [9.17, 15) is 4.79 Å². The lowest BCUT2D eigenvalue weighted by molar-refractivity contribution is 0.251. The third-order valence-electron chi connectivity index (χ3n) is 2.14. The van der Waals surface area contributed by atoms with E-state index in [2.05, 4.69) is 10.6 Å². The van der Waals surface area contributed by atoms with Crippen LogP contribution < -0.4 is 15.4 Å². The van der Waals surface area contributed by atoms with Crippen LogP contribution in [0.5, 0.6) is 5.75 Å². The summed E-state index contributed by atoms with van der Waals surface area (Å²) in [5.74, 6) is 0.384. The van der Waals surface area contributed by atoms with Crippen LogP contribution in [0.4, 0.5) is 10.5 Å². The van der Waals surface area contributed by atoms with Crippen molar-refractivity contribution in [3.05, 3.63) is 24.3 Å². The van der Waals surface area contributed by atoms with Gasteiger partial charge in [-0.25, -0.2) is 4.79 Å². The molecule has 1 rings (SSSR count). The van der Waals surface area contributed by atoms with E-state index in [-0.39, 0.29) is 11.9 Å². The lowest BCUT2D eigenvalue weighted by Crippen LogP contribution is -2.32. The Bertz CT molecular complexity index is 426. The Morgan fingerprint density at radius 1 is 1.53 bits per heavy atom. The molecule has 5 nitrogen and oxygen atoms in total. The first kappa shape index (κ1) is 12.8. The first-order chi connectivity index (χ1) is 8.17. The maximum Gasteiger partial charge on any atom is 0.319 e.